The number of halogens is 1. The maximum Gasteiger partial charge on any atom is 0.0320 e. The van der Waals surface area contributed by atoms with Gasteiger partial charge in [0, 0.05) is 6.04 Å². The van der Waals surface area contributed by atoms with Gasteiger partial charge < -0.3 is 5.32 Å². The van der Waals surface area contributed by atoms with Gasteiger partial charge in [-0.15, -0.1) is 12.4 Å². The highest BCUT2D eigenvalue weighted by molar-refractivity contribution is 5.87. The van der Waals surface area contributed by atoms with Crippen molar-refractivity contribution in [2.75, 3.05) is 7.05 Å². The molecule has 0 aromatic heterocycles. The molecule has 2 aromatic rings. The van der Waals surface area contributed by atoms with Crippen LogP contribution in [0.5, 0.6) is 0 Å². The van der Waals surface area contributed by atoms with Gasteiger partial charge in [-0.2, -0.15) is 0 Å². The lowest BCUT2D eigenvalue weighted by molar-refractivity contribution is 0.498. The molecule has 1 unspecified atom stereocenters. The van der Waals surface area contributed by atoms with Crippen molar-refractivity contribution in [3.05, 3.63) is 47.5 Å². The summed E-state index contributed by atoms with van der Waals surface area (Å²) in [5, 5.41) is 6.24. The van der Waals surface area contributed by atoms with E-state index in [1.54, 1.807) is 5.56 Å². The molecule has 1 N–H and O–H groups in total. The van der Waals surface area contributed by atoms with E-state index in [1.165, 1.54) is 35.6 Å². The molecule has 0 radical (unpaired) electrons. The number of hydrogen-bond donors (Lipinski definition) is 1. The van der Waals surface area contributed by atoms with Crippen molar-refractivity contribution in [3.8, 4) is 0 Å². The van der Waals surface area contributed by atoms with Crippen molar-refractivity contribution in [2.45, 2.75) is 25.3 Å². The lowest BCUT2D eigenvalue weighted by atomic mass is 9.84. The Bertz CT molecular complexity index is 521. The average Bonchev–Trinajstić information content (AvgIpc) is 2.37. The molecule has 0 fully saturated rings. The van der Waals surface area contributed by atoms with E-state index in [0.29, 0.717) is 6.04 Å². The van der Waals surface area contributed by atoms with E-state index in [2.05, 4.69) is 48.8 Å². The molecule has 2 aromatic carbocycles. The van der Waals surface area contributed by atoms with Crippen LogP contribution in [0.2, 0.25) is 0 Å². The van der Waals surface area contributed by atoms with Gasteiger partial charge >= 0.3 is 0 Å². The third kappa shape index (κ3) is 2.05. The fourth-order valence-electron chi connectivity index (χ4n) is 2.90. The summed E-state index contributed by atoms with van der Waals surface area (Å²) in [5.74, 6) is 0. The fraction of sp³-hybridized carbons (Fsp3) is 0.333. The Kier molecular flexibility index (Phi) is 3.70. The highest BCUT2D eigenvalue weighted by Crippen LogP contribution is 2.34. The van der Waals surface area contributed by atoms with Crippen LogP contribution in [0.3, 0.4) is 0 Å². The Labute approximate surface area is 109 Å². The topological polar surface area (TPSA) is 12.0 Å². The number of rotatable bonds is 1. The minimum atomic E-state index is 0. The molecule has 0 spiro atoms. The zero-order valence-electron chi connectivity index (χ0n) is 10.1. The maximum atomic E-state index is 3.42. The van der Waals surface area contributed by atoms with Gasteiger partial charge in [0.25, 0.3) is 0 Å². The van der Waals surface area contributed by atoms with Crippen molar-refractivity contribution in [1.29, 1.82) is 0 Å². The molecule has 0 heterocycles. The van der Waals surface area contributed by atoms with E-state index in [4.69, 9.17) is 0 Å². The Morgan fingerprint density at radius 1 is 1.12 bits per heavy atom. The van der Waals surface area contributed by atoms with Gasteiger partial charge in [-0.25, -0.2) is 0 Å². The molecule has 2 heteroatoms. The number of benzene rings is 2. The lowest BCUT2D eigenvalue weighted by Crippen LogP contribution is -2.21. The highest BCUT2D eigenvalue weighted by atomic mass is 35.5. The number of hydrogen-bond acceptors (Lipinski definition) is 1. The smallest absolute Gasteiger partial charge is 0.0320 e. The predicted octanol–water partition coefficient (Wildman–Crippen LogP) is 3.86. The van der Waals surface area contributed by atoms with E-state index in [0.717, 1.165) is 0 Å². The Morgan fingerprint density at radius 3 is 2.76 bits per heavy atom. The minimum Gasteiger partial charge on any atom is -0.313 e. The first-order chi connectivity index (χ1) is 7.90. The second-order valence-corrected chi connectivity index (χ2v) is 4.59. The molecule has 0 saturated carbocycles. The molecule has 0 amide bonds. The molecular weight excluding hydrogens is 230 g/mol. The Morgan fingerprint density at radius 2 is 1.94 bits per heavy atom. The summed E-state index contributed by atoms with van der Waals surface area (Å²) in [6, 6.07) is 13.8. The number of aryl methyl sites for hydroxylation is 1. The Balaban J connectivity index is 0.00000108. The molecule has 0 aliphatic heterocycles. The van der Waals surface area contributed by atoms with Gasteiger partial charge in [0.1, 0.15) is 0 Å². The molecule has 1 aliphatic rings. The van der Waals surface area contributed by atoms with E-state index < -0.39 is 0 Å². The van der Waals surface area contributed by atoms with Crippen molar-refractivity contribution in [3.63, 3.8) is 0 Å². The largest absolute Gasteiger partial charge is 0.313 e. The molecule has 0 bridgehead atoms. The van der Waals surface area contributed by atoms with Gasteiger partial charge in [-0.1, -0.05) is 36.4 Å². The summed E-state index contributed by atoms with van der Waals surface area (Å²) in [6.07, 6.45) is 3.79. The average molecular weight is 248 g/mol. The van der Waals surface area contributed by atoms with E-state index >= 15 is 0 Å². The van der Waals surface area contributed by atoms with Gasteiger partial charge in [-0.3, -0.25) is 0 Å². The van der Waals surface area contributed by atoms with Crippen molar-refractivity contribution >= 4 is 23.2 Å². The number of fused-ring (bicyclic) bond motifs is 3. The maximum absolute atomic E-state index is 3.42. The minimum absolute atomic E-state index is 0. The molecule has 1 atom stereocenters. The van der Waals surface area contributed by atoms with Crippen LogP contribution in [-0.2, 0) is 6.42 Å². The summed E-state index contributed by atoms with van der Waals surface area (Å²) >= 11 is 0. The van der Waals surface area contributed by atoms with Crippen LogP contribution in [0.25, 0.3) is 10.8 Å². The van der Waals surface area contributed by atoms with Crippen LogP contribution in [0.1, 0.15) is 30.0 Å². The standard InChI is InChI=1S/C15H17N.ClH/c1-16-15-8-4-7-13-12-6-3-2-5-11(12)9-10-14(13)15;/h2-3,5-6,9-10,15-16H,4,7-8H2,1H3;1H. The molecule has 1 aliphatic carbocycles. The summed E-state index contributed by atoms with van der Waals surface area (Å²) in [7, 11) is 2.06. The van der Waals surface area contributed by atoms with Gasteiger partial charge in [0.2, 0.25) is 0 Å². The second kappa shape index (κ2) is 5.07. The summed E-state index contributed by atoms with van der Waals surface area (Å²) in [4.78, 5) is 0. The summed E-state index contributed by atoms with van der Waals surface area (Å²) < 4.78 is 0. The van der Waals surface area contributed by atoms with Crippen LogP contribution in [0, 0.1) is 0 Å². The predicted molar refractivity (Wildman–Crippen MR) is 75.9 cm³/mol. The van der Waals surface area contributed by atoms with Crippen LogP contribution < -0.4 is 5.32 Å². The van der Waals surface area contributed by atoms with Gasteiger partial charge in [0.15, 0.2) is 0 Å². The SMILES string of the molecule is CNC1CCCc2c1ccc1ccccc21.Cl. The zero-order chi connectivity index (χ0) is 11.0. The van der Waals surface area contributed by atoms with Crippen LogP contribution in [-0.4, -0.2) is 7.05 Å². The van der Waals surface area contributed by atoms with Crippen LogP contribution in [0.4, 0.5) is 0 Å². The van der Waals surface area contributed by atoms with Crippen LogP contribution >= 0.6 is 12.4 Å². The first-order valence-electron chi connectivity index (χ1n) is 6.08. The van der Waals surface area contributed by atoms with Gasteiger partial charge in [-0.05, 0) is 48.2 Å². The molecular formula is C15H18ClN. The zero-order valence-corrected chi connectivity index (χ0v) is 10.9. The Hall–Kier alpha value is -1.05. The molecule has 1 nitrogen and oxygen atoms in total. The first-order valence-corrected chi connectivity index (χ1v) is 6.08. The summed E-state index contributed by atoms with van der Waals surface area (Å²) in [5.41, 5.74) is 3.07. The first kappa shape index (κ1) is 12.4. The van der Waals surface area contributed by atoms with Crippen LogP contribution in [0.15, 0.2) is 36.4 Å². The number of nitrogens with one attached hydrogen (secondary N) is 1. The normalized spacial score (nSPS) is 18.5. The van der Waals surface area contributed by atoms with E-state index in [-0.39, 0.29) is 12.4 Å². The van der Waals surface area contributed by atoms with E-state index in [1.807, 2.05) is 0 Å². The quantitative estimate of drug-likeness (QED) is 0.807. The lowest BCUT2D eigenvalue weighted by Gasteiger charge is -2.26. The van der Waals surface area contributed by atoms with Crippen molar-refractivity contribution in [2.24, 2.45) is 0 Å². The monoisotopic (exact) mass is 247 g/mol. The molecule has 3 rings (SSSR count). The van der Waals surface area contributed by atoms with Gasteiger partial charge in [0.05, 0.1) is 0 Å². The highest BCUT2D eigenvalue weighted by Gasteiger charge is 2.19. The molecule has 90 valence electrons. The second-order valence-electron chi connectivity index (χ2n) is 4.59. The third-order valence-electron chi connectivity index (χ3n) is 3.72. The molecule has 17 heavy (non-hydrogen) atoms. The van der Waals surface area contributed by atoms with Crippen molar-refractivity contribution in [1.82, 2.24) is 5.32 Å². The third-order valence-corrected chi connectivity index (χ3v) is 3.72. The van der Waals surface area contributed by atoms with Crippen molar-refractivity contribution < 1.29 is 0 Å². The molecule has 0 saturated heterocycles. The van der Waals surface area contributed by atoms with E-state index in [9.17, 15) is 0 Å². The fourth-order valence-corrected chi connectivity index (χ4v) is 2.90. The summed E-state index contributed by atoms with van der Waals surface area (Å²) in [6.45, 7) is 0.